The van der Waals surface area contributed by atoms with Crippen molar-refractivity contribution >= 4 is 15.9 Å². The summed E-state index contributed by atoms with van der Waals surface area (Å²) < 4.78 is 64.6. The van der Waals surface area contributed by atoms with Gasteiger partial charge in [-0.2, -0.15) is 17.5 Å². The zero-order valence-electron chi connectivity index (χ0n) is 17.0. The number of benzene rings is 2. The molecular weight excluding hydrogens is 429 g/mol. The lowest BCUT2D eigenvalue weighted by molar-refractivity contribution is -0.137. The van der Waals surface area contributed by atoms with Gasteiger partial charge in [0.25, 0.3) is 0 Å². The van der Waals surface area contributed by atoms with E-state index in [1.807, 2.05) is 0 Å². The molecule has 1 heterocycles. The Bertz CT molecular complexity index is 982. The summed E-state index contributed by atoms with van der Waals surface area (Å²) in [7, 11) is -3.48. The Balaban J connectivity index is 1.48. The molecule has 0 radical (unpaired) electrons. The summed E-state index contributed by atoms with van der Waals surface area (Å²) >= 11 is 0. The smallest absolute Gasteiger partial charge is 0.352 e. The molecule has 5 nitrogen and oxygen atoms in total. The monoisotopic (exact) mass is 454 g/mol. The molecule has 0 spiro atoms. The van der Waals surface area contributed by atoms with Crippen molar-refractivity contribution in [2.45, 2.75) is 49.7 Å². The van der Waals surface area contributed by atoms with Gasteiger partial charge in [0.2, 0.25) is 15.9 Å². The zero-order valence-corrected chi connectivity index (χ0v) is 17.8. The SMILES string of the molecule is O=C(CCc1ccc(S(=O)(=O)N2CCCCC2)cc1)NCc1ccc(C(F)(F)F)cc1. The standard InChI is InChI=1S/C22H25F3N2O3S/c23-22(24,25)19-9-4-18(5-10-19)16-26-21(28)13-8-17-6-11-20(12-7-17)31(29,30)27-14-2-1-3-15-27/h4-7,9-12H,1-3,8,13-16H2,(H,26,28). The number of hydrogen-bond acceptors (Lipinski definition) is 3. The minimum atomic E-state index is -4.38. The van der Waals surface area contributed by atoms with Crippen LogP contribution in [0.2, 0.25) is 0 Å². The summed E-state index contributed by atoms with van der Waals surface area (Å²) in [6.07, 6.45) is -0.962. The Kier molecular flexibility index (Phi) is 7.38. The van der Waals surface area contributed by atoms with Gasteiger partial charge >= 0.3 is 6.18 Å². The first kappa shape index (κ1) is 23.3. The first-order valence-electron chi connectivity index (χ1n) is 10.2. The normalized spacial score (nSPS) is 15.6. The molecule has 0 bridgehead atoms. The fourth-order valence-corrected chi connectivity index (χ4v) is 4.96. The van der Waals surface area contributed by atoms with Gasteiger partial charge in [0.1, 0.15) is 0 Å². The molecule has 31 heavy (non-hydrogen) atoms. The summed E-state index contributed by atoms with van der Waals surface area (Å²) in [5.41, 5.74) is 0.684. The molecule has 1 N–H and O–H groups in total. The highest BCUT2D eigenvalue weighted by atomic mass is 32.2. The lowest BCUT2D eigenvalue weighted by Crippen LogP contribution is -2.35. The number of carbonyl (C=O) groups excluding carboxylic acids is 1. The Morgan fingerprint density at radius 2 is 1.48 bits per heavy atom. The molecule has 1 fully saturated rings. The molecule has 168 valence electrons. The molecule has 1 aliphatic rings. The number of sulfonamides is 1. The highest BCUT2D eigenvalue weighted by Gasteiger charge is 2.30. The molecule has 2 aromatic rings. The average Bonchev–Trinajstić information content (AvgIpc) is 2.77. The number of nitrogens with one attached hydrogen (secondary N) is 1. The van der Waals surface area contributed by atoms with Crippen LogP contribution in [0.25, 0.3) is 0 Å². The van der Waals surface area contributed by atoms with Gasteiger partial charge in [0.05, 0.1) is 10.5 Å². The van der Waals surface area contributed by atoms with Crippen LogP contribution in [0, 0.1) is 0 Å². The van der Waals surface area contributed by atoms with Crippen molar-refractivity contribution in [1.29, 1.82) is 0 Å². The minimum Gasteiger partial charge on any atom is -0.352 e. The van der Waals surface area contributed by atoms with Crippen molar-refractivity contribution in [2.75, 3.05) is 13.1 Å². The summed E-state index contributed by atoms with van der Waals surface area (Å²) in [6, 6.07) is 11.2. The van der Waals surface area contributed by atoms with Crippen LogP contribution >= 0.6 is 0 Å². The number of amides is 1. The van der Waals surface area contributed by atoms with Crippen molar-refractivity contribution in [3.05, 3.63) is 65.2 Å². The third-order valence-electron chi connectivity index (χ3n) is 5.29. The molecule has 0 atom stereocenters. The molecule has 0 unspecified atom stereocenters. The van der Waals surface area contributed by atoms with E-state index in [-0.39, 0.29) is 23.8 Å². The lowest BCUT2D eigenvalue weighted by Gasteiger charge is -2.25. The quantitative estimate of drug-likeness (QED) is 0.684. The molecule has 1 amide bonds. The minimum absolute atomic E-state index is 0.143. The highest BCUT2D eigenvalue weighted by Crippen LogP contribution is 2.29. The van der Waals surface area contributed by atoms with Crippen LogP contribution in [0.3, 0.4) is 0 Å². The maximum absolute atomic E-state index is 12.7. The maximum Gasteiger partial charge on any atom is 0.416 e. The maximum atomic E-state index is 12.7. The Morgan fingerprint density at radius 1 is 0.903 bits per heavy atom. The van der Waals surface area contributed by atoms with Crippen molar-refractivity contribution in [3.8, 4) is 0 Å². The first-order valence-corrected chi connectivity index (χ1v) is 11.6. The van der Waals surface area contributed by atoms with Crippen LogP contribution in [-0.4, -0.2) is 31.7 Å². The van der Waals surface area contributed by atoms with Crippen LogP contribution in [0.1, 0.15) is 42.4 Å². The predicted octanol–water partition coefficient (Wildman–Crippen LogP) is 4.13. The lowest BCUT2D eigenvalue weighted by atomic mass is 10.1. The Labute approximate surface area is 180 Å². The number of piperidine rings is 1. The molecule has 0 aliphatic carbocycles. The van der Waals surface area contributed by atoms with Gasteiger partial charge in [0, 0.05) is 26.1 Å². The van der Waals surface area contributed by atoms with Crippen molar-refractivity contribution in [3.63, 3.8) is 0 Å². The fraction of sp³-hybridized carbons (Fsp3) is 0.409. The number of rotatable bonds is 7. The Hall–Kier alpha value is -2.39. The molecule has 3 rings (SSSR count). The van der Waals surface area contributed by atoms with E-state index in [2.05, 4.69) is 5.32 Å². The second kappa shape index (κ2) is 9.82. The molecule has 0 aromatic heterocycles. The van der Waals surface area contributed by atoms with Crippen LogP contribution in [-0.2, 0) is 34.0 Å². The third kappa shape index (κ3) is 6.30. The second-order valence-corrected chi connectivity index (χ2v) is 9.52. The Morgan fingerprint density at radius 3 is 2.06 bits per heavy atom. The average molecular weight is 455 g/mol. The number of nitrogens with zero attached hydrogens (tertiary/aromatic N) is 1. The highest BCUT2D eigenvalue weighted by molar-refractivity contribution is 7.89. The van der Waals surface area contributed by atoms with Gasteiger partial charge in [0.15, 0.2) is 0 Å². The molecule has 0 saturated carbocycles. The number of carbonyl (C=O) groups is 1. The van der Waals surface area contributed by atoms with Gasteiger partial charge in [-0.1, -0.05) is 30.7 Å². The van der Waals surface area contributed by atoms with E-state index >= 15 is 0 Å². The van der Waals surface area contributed by atoms with Gasteiger partial charge in [-0.05, 0) is 54.7 Å². The van der Waals surface area contributed by atoms with Crippen LogP contribution < -0.4 is 5.32 Å². The molecule has 1 aliphatic heterocycles. The van der Waals surface area contributed by atoms with E-state index in [0.29, 0.717) is 25.1 Å². The van der Waals surface area contributed by atoms with E-state index < -0.39 is 21.8 Å². The van der Waals surface area contributed by atoms with Gasteiger partial charge in [-0.15, -0.1) is 0 Å². The predicted molar refractivity (Wildman–Crippen MR) is 111 cm³/mol. The summed E-state index contributed by atoms with van der Waals surface area (Å²) in [6.45, 7) is 1.23. The van der Waals surface area contributed by atoms with Gasteiger partial charge < -0.3 is 5.32 Å². The van der Waals surface area contributed by atoms with Crippen molar-refractivity contribution in [2.24, 2.45) is 0 Å². The van der Waals surface area contributed by atoms with E-state index in [9.17, 15) is 26.4 Å². The molecule has 9 heteroatoms. The van der Waals surface area contributed by atoms with Crippen LogP contribution in [0.15, 0.2) is 53.4 Å². The topological polar surface area (TPSA) is 66.5 Å². The van der Waals surface area contributed by atoms with Crippen LogP contribution in [0.4, 0.5) is 13.2 Å². The number of hydrogen-bond donors (Lipinski definition) is 1. The third-order valence-corrected chi connectivity index (χ3v) is 7.20. The second-order valence-electron chi connectivity index (χ2n) is 7.58. The fourth-order valence-electron chi connectivity index (χ4n) is 3.44. The first-order chi connectivity index (χ1) is 14.7. The molecule has 2 aromatic carbocycles. The summed E-state index contributed by atoms with van der Waals surface area (Å²) in [4.78, 5) is 12.3. The van der Waals surface area contributed by atoms with Gasteiger partial charge in [-0.3, -0.25) is 4.79 Å². The largest absolute Gasteiger partial charge is 0.416 e. The van der Waals surface area contributed by atoms with Gasteiger partial charge in [-0.25, -0.2) is 8.42 Å². The van der Waals surface area contributed by atoms with E-state index in [0.717, 1.165) is 37.0 Å². The number of alkyl halides is 3. The van der Waals surface area contributed by atoms with Crippen molar-refractivity contribution in [1.82, 2.24) is 9.62 Å². The number of halogens is 3. The van der Waals surface area contributed by atoms with Crippen molar-refractivity contribution < 1.29 is 26.4 Å². The summed E-state index contributed by atoms with van der Waals surface area (Å²) in [5, 5.41) is 2.68. The summed E-state index contributed by atoms with van der Waals surface area (Å²) in [5.74, 6) is -0.232. The van der Waals surface area contributed by atoms with E-state index in [4.69, 9.17) is 0 Å². The number of aryl methyl sites for hydroxylation is 1. The zero-order chi connectivity index (χ0) is 22.5. The van der Waals surface area contributed by atoms with E-state index in [1.54, 1.807) is 24.3 Å². The molecule has 1 saturated heterocycles. The molecular formula is C22H25F3N2O3S. The van der Waals surface area contributed by atoms with Crippen LogP contribution in [0.5, 0.6) is 0 Å². The van der Waals surface area contributed by atoms with E-state index in [1.165, 1.54) is 16.4 Å².